The van der Waals surface area contributed by atoms with Gasteiger partial charge in [0.2, 0.25) is 0 Å². The minimum atomic E-state index is -0.820. The largest absolute Gasteiger partial charge is 0.507 e. The molecule has 1 aliphatic heterocycles. The van der Waals surface area contributed by atoms with Crippen LogP contribution in [0.5, 0.6) is 0 Å². The molecule has 3 heterocycles. The number of pyridine rings is 1. The van der Waals surface area contributed by atoms with E-state index in [1.54, 1.807) is 24.3 Å². The second-order valence-corrected chi connectivity index (χ2v) is 8.00. The number of halogens is 1. The van der Waals surface area contributed by atoms with E-state index in [-0.39, 0.29) is 23.7 Å². The van der Waals surface area contributed by atoms with E-state index in [1.807, 2.05) is 31.2 Å². The number of Topliss-reactive ketones (excluding diaryl/α,β-unsaturated/α-hetero) is 1. The number of benzene rings is 2. The van der Waals surface area contributed by atoms with Crippen LogP contribution in [0.15, 0.2) is 78.6 Å². The molecule has 1 amide bonds. The molecule has 1 fully saturated rings. The maximum Gasteiger partial charge on any atom is 0.295 e. The first-order valence-electron chi connectivity index (χ1n) is 10.5. The van der Waals surface area contributed by atoms with Crippen LogP contribution in [0.1, 0.15) is 28.4 Å². The van der Waals surface area contributed by atoms with E-state index in [0.29, 0.717) is 11.1 Å². The number of aryl methyl sites for hydroxylation is 1. The number of nitrogens with one attached hydrogen (secondary N) is 1. The van der Waals surface area contributed by atoms with Gasteiger partial charge in [0.15, 0.2) is 0 Å². The standard InChI is InChI=1S/C26H20FN3O3/c1-15-21(19-4-2-3-5-20(19)29-15)23-22(24(31)17-10-12-28-13-11-17)25(32)26(33)30(23)14-16-6-8-18(27)9-7-16/h2-13,23,29,31H,14H2,1H3/b24-22+. The normalized spacial score (nSPS) is 17.8. The number of fused-ring (bicyclic) bond motifs is 1. The molecule has 2 aromatic heterocycles. The number of aliphatic hydroxyl groups excluding tert-OH is 1. The number of rotatable bonds is 4. The van der Waals surface area contributed by atoms with Crippen LogP contribution in [0.3, 0.4) is 0 Å². The highest BCUT2D eigenvalue weighted by Crippen LogP contribution is 2.44. The van der Waals surface area contributed by atoms with E-state index in [2.05, 4.69) is 9.97 Å². The summed E-state index contributed by atoms with van der Waals surface area (Å²) in [6, 6.07) is 15.8. The highest BCUT2D eigenvalue weighted by Gasteiger charge is 2.47. The first-order chi connectivity index (χ1) is 16.0. The molecule has 1 saturated heterocycles. The fourth-order valence-electron chi connectivity index (χ4n) is 4.45. The Morgan fingerprint density at radius 3 is 2.48 bits per heavy atom. The number of likely N-dealkylation sites (tertiary alicyclic amines) is 1. The number of hydrogen-bond donors (Lipinski definition) is 2. The third-order valence-electron chi connectivity index (χ3n) is 5.98. The van der Waals surface area contributed by atoms with Gasteiger partial charge in [-0.2, -0.15) is 0 Å². The molecule has 0 spiro atoms. The van der Waals surface area contributed by atoms with Crippen molar-refractivity contribution in [2.75, 3.05) is 0 Å². The number of aromatic nitrogens is 2. The van der Waals surface area contributed by atoms with Gasteiger partial charge in [0.25, 0.3) is 11.7 Å². The summed E-state index contributed by atoms with van der Waals surface area (Å²) in [6.07, 6.45) is 3.02. The molecular weight excluding hydrogens is 421 g/mol. The minimum absolute atomic E-state index is 0.0150. The molecule has 1 aliphatic rings. The van der Waals surface area contributed by atoms with Gasteiger partial charge < -0.3 is 15.0 Å². The van der Waals surface area contributed by atoms with Crippen molar-refractivity contribution in [3.63, 3.8) is 0 Å². The molecule has 1 atom stereocenters. The molecule has 1 unspecified atom stereocenters. The second-order valence-electron chi connectivity index (χ2n) is 8.00. The first kappa shape index (κ1) is 20.6. The monoisotopic (exact) mass is 441 g/mol. The van der Waals surface area contributed by atoms with Crippen LogP contribution in [-0.4, -0.2) is 31.7 Å². The average molecular weight is 441 g/mol. The lowest BCUT2D eigenvalue weighted by Crippen LogP contribution is -2.29. The number of carbonyl (C=O) groups excluding carboxylic acids is 2. The lowest BCUT2D eigenvalue weighted by molar-refractivity contribution is -0.140. The number of aromatic amines is 1. The number of ketones is 1. The van der Waals surface area contributed by atoms with E-state index in [0.717, 1.165) is 22.2 Å². The van der Waals surface area contributed by atoms with E-state index >= 15 is 0 Å². The number of amides is 1. The van der Waals surface area contributed by atoms with E-state index < -0.39 is 17.7 Å². The van der Waals surface area contributed by atoms with Crippen LogP contribution < -0.4 is 0 Å². The molecule has 0 saturated carbocycles. The summed E-state index contributed by atoms with van der Waals surface area (Å²) in [7, 11) is 0. The highest BCUT2D eigenvalue weighted by atomic mass is 19.1. The highest BCUT2D eigenvalue weighted by molar-refractivity contribution is 6.46. The number of H-pyrrole nitrogens is 1. The van der Waals surface area contributed by atoms with Crippen LogP contribution in [0.4, 0.5) is 4.39 Å². The van der Waals surface area contributed by atoms with Crippen LogP contribution >= 0.6 is 0 Å². The predicted octanol–water partition coefficient (Wildman–Crippen LogP) is 4.63. The van der Waals surface area contributed by atoms with Crippen molar-refractivity contribution in [3.05, 3.63) is 107 Å². The number of hydrogen-bond acceptors (Lipinski definition) is 4. The van der Waals surface area contributed by atoms with Crippen LogP contribution in [-0.2, 0) is 16.1 Å². The first-order valence-corrected chi connectivity index (χ1v) is 10.5. The fraction of sp³-hybridized carbons (Fsp3) is 0.115. The Morgan fingerprint density at radius 2 is 1.76 bits per heavy atom. The predicted molar refractivity (Wildman–Crippen MR) is 122 cm³/mol. The maximum atomic E-state index is 13.4. The molecule has 33 heavy (non-hydrogen) atoms. The van der Waals surface area contributed by atoms with Crippen LogP contribution in [0, 0.1) is 12.7 Å². The maximum absolute atomic E-state index is 13.4. The third kappa shape index (κ3) is 3.47. The Kier molecular flexibility index (Phi) is 5.01. The zero-order valence-corrected chi connectivity index (χ0v) is 17.7. The minimum Gasteiger partial charge on any atom is -0.507 e. The smallest absolute Gasteiger partial charge is 0.295 e. The number of para-hydroxylation sites is 1. The van der Waals surface area contributed by atoms with Crippen molar-refractivity contribution in [3.8, 4) is 0 Å². The number of carbonyl (C=O) groups is 2. The Hall–Kier alpha value is -4.26. The molecular formula is C26H20FN3O3. The van der Waals surface area contributed by atoms with Gasteiger partial charge in [0.1, 0.15) is 11.6 Å². The molecule has 2 N–H and O–H groups in total. The van der Waals surface area contributed by atoms with Crippen LogP contribution in [0.25, 0.3) is 16.7 Å². The molecule has 7 heteroatoms. The van der Waals surface area contributed by atoms with Gasteiger partial charge in [-0.15, -0.1) is 0 Å². The molecule has 5 rings (SSSR count). The van der Waals surface area contributed by atoms with E-state index in [1.165, 1.54) is 29.4 Å². The van der Waals surface area contributed by atoms with Crippen molar-refractivity contribution >= 4 is 28.4 Å². The second kappa shape index (κ2) is 8.02. The molecule has 4 aromatic rings. The van der Waals surface area contributed by atoms with Gasteiger partial charge in [-0.3, -0.25) is 14.6 Å². The lowest BCUT2D eigenvalue weighted by atomic mass is 9.93. The Bertz CT molecular complexity index is 1410. The summed E-state index contributed by atoms with van der Waals surface area (Å²) < 4.78 is 13.4. The molecule has 164 valence electrons. The lowest BCUT2D eigenvalue weighted by Gasteiger charge is -2.26. The van der Waals surface area contributed by atoms with E-state index in [4.69, 9.17) is 0 Å². The molecule has 0 aliphatic carbocycles. The average Bonchev–Trinajstić information content (AvgIpc) is 3.28. The summed E-state index contributed by atoms with van der Waals surface area (Å²) in [5.74, 6) is -2.12. The summed E-state index contributed by atoms with van der Waals surface area (Å²) in [5, 5.41) is 12.0. The summed E-state index contributed by atoms with van der Waals surface area (Å²) in [6.45, 7) is 1.96. The quantitative estimate of drug-likeness (QED) is 0.275. The van der Waals surface area contributed by atoms with Crippen molar-refractivity contribution < 1.29 is 19.1 Å². The Morgan fingerprint density at radius 1 is 1.06 bits per heavy atom. The van der Waals surface area contributed by atoms with Crippen molar-refractivity contribution in [1.29, 1.82) is 0 Å². The van der Waals surface area contributed by atoms with Gasteiger partial charge in [-0.05, 0) is 42.8 Å². The number of nitrogens with zero attached hydrogens (tertiary/aromatic N) is 2. The van der Waals surface area contributed by atoms with Crippen molar-refractivity contribution in [2.24, 2.45) is 0 Å². The summed E-state index contributed by atoms with van der Waals surface area (Å²) in [5.41, 5.74) is 3.47. The molecule has 2 aromatic carbocycles. The fourth-order valence-corrected chi connectivity index (χ4v) is 4.45. The van der Waals surface area contributed by atoms with Gasteiger partial charge in [-0.1, -0.05) is 30.3 Å². The van der Waals surface area contributed by atoms with E-state index in [9.17, 15) is 19.1 Å². The van der Waals surface area contributed by atoms with Crippen LogP contribution in [0.2, 0.25) is 0 Å². The molecule has 0 radical (unpaired) electrons. The SMILES string of the molecule is Cc1[nH]c2ccccc2c1C1/C(=C(\O)c2ccncc2)C(=O)C(=O)N1Cc1ccc(F)cc1. The Balaban J connectivity index is 1.73. The van der Waals surface area contributed by atoms with Gasteiger partial charge in [-0.25, -0.2) is 4.39 Å². The molecule has 0 bridgehead atoms. The van der Waals surface area contributed by atoms with Gasteiger partial charge in [0.05, 0.1) is 11.6 Å². The van der Waals surface area contributed by atoms with Gasteiger partial charge in [0, 0.05) is 46.7 Å². The molecule has 6 nitrogen and oxygen atoms in total. The van der Waals surface area contributed by atoms with Crippen molar-refractivity contribution in [1.82, 2.24) is 14.9 Å². The summed E-state index contributed by atoms with van der Waals surface area (Å²) in [4.78, 5) is 35.1. The number of aliphatic hydroxyl groups is 1. The zero-order chi connectivity index (χ0) is 23.1. The van der Waals surface area contributed by atoms with Crippen molar-refractivity contribution in [2.45, 2.75) is 19.5 Å². The van der Waals surface area contributed by atoms with Gasteiger partial charge >= 0.3 is 0 Å². The Labute approximate surface area is 189 Å². The topological polar surface area (TPSA) is 86.3 Å². The third-order valence-corrected chi connectivity index (χ3v) is 5.98. The summed E-state index contributed by atoms with van der Waals surface area (Å²) >= 11 is 0. The zero-order valence-electron chi connectivity index (χ0n) is 17.7.